The van der Waals surface area contributed by atoms with Gasteiger partial charge < -0.3 is 0 Å². The Balaban J connectivity index is 1.89. The molecule has 0 saturated heterocycles. The highest BCUT2D eigenvalue weighted by Gasteiger charge is 2.48. The van der Waals surface area contributed by atoms with Crippen LogP contribution in [0.25, 0.3) is 0 Å². The Kier molecular flexibility index (Phi) is 8.38. The molecular formula is C25H14Br4Cl2N2O4. The Morgan fingerprint density at radius 1 is 0.838 bits per heavy atom. The van der Waals surface area contributed by atoms with Crippen molar-refractivity contribution in [2.24, 2.45) is 0 Å². The first-order chi connectivity index (χ1) is 17.4. The quantitative estimate of drug-likeness (QED) is 0.113. The third-order valence-electron chi connectivity index (χ3n) is 5.75. The molecule has 3 aromatic carbocycles. The number of nitrogens with zero attached hydrogens (tertiary/aromatic N) is 2. The molecule has 0 bridgehead atoms. The Morgan fingerprint density at radius 2 is 1.35 bits per heavy atom. The highest BCUT2D eigenvalue weighted by atomic mass is 79.9. The van der Waals surface area contributed by atoms with Crippen LogP contribution in [0, 0.1) is 6.92 Å². The van der Waals surface area contributed by atoms with Crippen LogP contribution in [0.2, 0.25) is 10.0 Å². The summed E-state index contributed by atoms with van der Waals surface area (Å²) in [7, 11) is 0. The lowest BCUT2D eigenvalue weighted by atomic mass is 10.0. The lowest BCUT2D eigenvalue weighted by molar-refractivity contribution is -0.00684. The van der Waals surface area contributed by atoms with Crippen LogP contribution in [-0.4, -0.2) is 39.6 Å². The summed E-state index contributed by atoms with van der Waals surface area (Å²) in [5, 5.41) is 1.83. The van der Waals surface area contributed by atoms with E-state index in [0.29, 0.717) is 33.5 Å². The Bertz CT molecular complexity index is 1460. The average molecular weight is 797 g/mol. The predicted octanol–water partition coefficient (Wildman–Crippen LogP) is 8.28. The van der Waals surface area contributed by atoms with Crippen molar-refractivity contribution in [1.29, 1.82) is 0 Å². The van der Waals surface area contributed by atoms with Crippen molar-refractivity contribution in [2.45, 2.75) is 19.9 Å². The number of hydrogen-bond donors (Lipinski definition) is 0. The minimum atomic E-state index is -1.26. The van der Waals surface area contributed by atoms with Crippen LogP contribution >= 0.6 is 86.9 Å². The van der Waals surface area contributed by atoms with Crippen LogP contribution in [-0.2, 0) is 0 Å². The van der Waals surface area contributed by atoms with Crippen molar-refractivity contribution >= 4 is 110 Å². The number of Topliss-reactive ketones (excluding diaryl/α,β-unsaturated/α-hetero) is 1. The van der Waals surface area contributed by atoms with Gasteiger partial charge in [-0.3, -0.25) is 19.2 Å². The average Bonchev–Trinajstić information content (AvgIpc) is 3.11. The molecule has 1 heterocycles. The second kappa shape index (κ2) is 10.9. The predicted molar refractivity (Wildman–Crippen MR) is 155 cm³/mol. The van der Waals surface area contributed by atoms with E-state index in [1.807, 2.05) is 6.92 Å². The number of benzene rings is 3. The number of rotatable bonds is 5. The molecule has 6 nitrogen and oxygen atoms in total. The van der Waals surface area contributed by atoms with Crippen LogP contribution in [0.4, 0.5) is 0 Å². The summed E-state index contributed by atoms with van der Waals surface area (Å²) >= 11 is 25.8. The minimum absolute atomic E-state index is 0.00180. The number of amides is 3. The number of hydrazine groups is 1. The van der Waals surface area contributed by atoms with E-state index < -0.39 is 29.5 Å². The van der Waals surface area contributed by atoms with E-state index in [-0.39, 0.29) is 21.7 Å². The first kappa shape index (κ1) is 28.4. The van der Waals surface area contributed by atoms with Crippen LogP contribution < -0.4 is 0 Å². The molecule has 0 spiro atoms. The van der Waals surface area contributed by atoms with Gasteiger partial charge in [-0.2, -0.15) is 5.01 Å². The Morgan fingerprint density at radius 3 is 1.84 bits per heavy atom. The van der Waals surface area contributed by atoms with Crippen molar-refractivity contribution in [3.8, 4) is 0 Å². The van der Waals surface area contributed by atoms with Gasteiger partial charge in [-0.15, -0.1) is 0 Å². The third kappa shape index (κ3) is 4.96. The van der Waals surface area contributed by atoms with Gasteiger partial charge in [-0.05, 0) is 95.8 Å². The first-order valence-electron chi connectivity index (χ1n) is 10.5. The molecule has 0 aliphatic carbocycles. The summed E-state index contributed by atoms with van der Waals surface area (Å²) < 4.78 is 1.60. The maximum Gasteiger partial charge on any atom is 0.282 e. The summed E-state index contributed by atoms with van der Waals surface area (Å²) in [4.78, 5) is 54.9. The van der Waals surface area contributed by atoms with Crippen molar-refractivity contribution in [2.75, 3.05) is 0 Å². The van der Waals surface area contributed by atoms with Crippen molar-refractivity contribution in [1.82, 2.24) is 10.0 Å². The van der Waals surface area contributed by atoms with Gasteiger partial charge in [0.2, 0.25) is 0 Å². The highest BCUT2D eigenvalue weighted by molar-refractivity contribution is 9.15. The molecule has 12 heteroatoms. The lowest BCUT2D eigenvalue weighted by Gasteiger charge is -2.34. The lowest BCUT2D eigenvalue weighted by Crippen LogP contribution is -2.56. The maximum atomic E-state index is 13.9. The number of fused-ring (bicyclic) bond motifs is 1. The number of carbonyl (C=O) groups excluding carboxylic acids is 4. The molecule has 0 N–H and O–H groups in total. The highest BCUT2D eigenvalue weighted by Crippen LogP contribution is 2.46. The molecule has 4 rings (SSSR count). The summed E-state index contributed by atoms with van der Waals surface area (Å²) in [5.41, 5.74) is 1.27. The smallest absolute Gasteiger partial charge is 0.282 e. The fourth-order valence-electron chi connectivity index (χ4n) is 3.83. The molecule has 1 aliphatic rings. The molecule has 0 saturated carbocycles. The molecule has 190 valence electrons. The fraction of sp³-hybridized carbons (Fsp3) is 0.120. The summed E-state index contributed by atoms with van der Waals surface area (Å²) in [5.74, 6) is -2.88. The molecule has 0 radical (unpaired) electrons. The first-order valence-corrected chi connectivity index (χ1v) is 14.4. The van der Waals surface area contributed by atoms with Crippen LogP contribution in [0.3, 0.4) is 0 Å². The normalized spacial score (nSPS) is 13.6. The molecule has 0 unspecified atom stereocenters. The second-order valence-electron chi connectivity index (χ2n) is 8.11. The van der Waals surface area contributed by atoms with E-state index in [2.05, 4.69) is 63.7 Å². The zero-order valence-electron chi connectivity index (χ0n) is 18.9. The molecule has 1 atom stereocenters. The number of imide groups is 1. The van der Waals surface area contributed by atoms with Gasteiger partial charge in [0.25, 0.3) is 17.7 Å². The second-order valence-corrected chi connectivity index (χ2v) is 12.1. The SMILES string of the molecule is Cc1ccc(C(=O)[C@H](C)N(C(=O)c2ccc(Cl)cc2Cl)N2C(=O)c3c(Br)c(Br)c(Br)c(Br)c3C2=O)cc1. The molecule has 3 aromatic rings. The number of hydrogen-bond acceptors (Lipinski definition) is 4. The van der Waals surface area contributed by atoms with E-state index in [1.54, 1.807) is 24.3 Å². The van der Waals surface area contributed by atoms with Gasteiger partial charge in [0.1, 0.15) is 6.04 Å². The van der Waals surface area contributed by atoms with Crippen LogP contribution in [0.5, 0.6) is 0 Å². The van der Waals surface area contributed by atoms with E-state index in [1.165, 1.54) is 25.1 Å². The molecule has 1 aliphatic heterocycles. The number of ketones is 1. The van der Waals surface area contributed by atoms with Crippen molar-refractivity contribution < 1.29 is 19.2 Å². The van der Waals surface area contributed by atoms with Gasteiger partial charge in [-0.1, -0.05) is 53.0 Å². The molecule has 37 heavy (non-hydrogen) atoms. The largest absolute Gasteiger partial charge is 0.292 e. The van der Waals surface area contributed by atoms with Gasteiger partial charge in [0.15, 0.2) is 5.78 Å². The monoisotopic (exact) mass is 792 g/mol. The zero-order valence-corrected chi connectivity index (χ0v) is 26.8. The van der Waals surface area contributed by atoms with Gasteiger partial charge in [0.05, 0.1) is 21.7 Å². The molecule has 0 fully saturated rings. The van der Waals surface area contributed by atoms with Gasteiger partial charge >= 0.3 is 0 Å². The summed E-state index contributed by atoms with van der Waals surface area (Å²) in [6.45, 7) is 3.32. The van der Waals surface area contributed by atoms with Gasteiger partial charge in [0, 0.05) is 28.5 Å². The van der Waals surface area contributed by atoms with E-state index in [9.17, 15) is 19.2 Å². The topological polar surface area (TPSA) is 74.8 Å². The summed E-state index contributed by atoms with van der Waals surface area (Å²) in [6.07, 6.45) is 0. The third-order valence-corrected chi connectivity index (χ3v) is 11.1. The minimum Gasteiger partial charge on any atom is -0.292 e. The maximum absolute atomic E-state index is 13.9. The zero-order chi connectivity index (χ0) is 27.3. The van der Waals surface area contributed by atoms with Crippen LogP contribution in [0.1, 0.15) is 53.9 Å². The molecule has 3 amide bonds. The fourth-order valence-corrected chi connectivity index (χ4v) is 6.78. The number of aryl methyl sites for hydroxylation is 1. The van der Waals surface area contributed by atoms with Gasteiger partial charge in [-0.25, -0.2) is 5.01 Å². The van der Waals surface area contributed by atoms with Crippen LogP contribution in [0.15, 0.2) is 60.4 Å². The Hall–Kier alpha value is -1.56. The number of carbonyl (C=O) groups is 4. The Labute approximate surface area is 255 Å². The van der Waals surface area contributed by atoms with E-state index >= 15 is 0 Å². The summed E-state index contributed by atoms with van der Waals surface area (Å²) in [6, 6.07) is 9.70. The molecule has 0 aromatic heterocycles. The number of halogens is 6. The van der Waals surface area contributed by atoms with E-state index in [4.69, 9.17) is 23.2 Å². The van der Waals surface area contributed by atoms with Crippen molar-refractivity contribution in [3.05, 3.63) is 98.2 Å². The molecular weight excluding hydrogens is 783 g/mol. The standard InChI is InChI=1S/C25H14Br4Cl2N2O4/c1-10-3-5-12(6-4-10)22(34)11(2)32(23(35)14-8-7-13(30)9-15(14)31)33-24(36)16-17(25(33)37)19(27)21(29)20(28)18(16)26/h3-9,11H,1-2H3/t11-/m0/s1. The van der Waals surface area contributed by atoms with Crippen molar-refractivity contribution in [3.63, 3.8) is 0 Å². The van der Waals surface area contributed by atoms with E-state index in [0.717, 1.165) is 10.6 Å².